The molecule has 6 heteroatoms. The summed E-state index contributed by atoms with van der Waals surface area (Å²) in [6.45, 7) is 1.13. The minimum absolute atomic E-state index is 0.000854. The molecule has 3 atom stereocenters. The lowest BCUT2D eigenvalue weighted by atomic mass is 10.1. The number of carbonyl (C=O) groups excluding carboxylic acids is 1. The summed E-state index contributed by atoms with van der Waals surface area (Å²) in [5, 5.41) is 0. The van der Waals surface area contributed by atoms with Crippen LogP contribution in [0, 0.1) is 0 Å². The van der Waals surface area contributed by atoms with Crippen LogP contribution in [0.2, 0.25) is 0 Å². The monoisotopic (exact) mass is 314 g/mol. The number of hydrogen-bond donors (Lipinski definition) is 0. The first kappa shape index (κ1) is 14.3. The SMILES string of the molecule is O=C(c1ccoc1)N1CCO[C@@H]2[C@@H](Oc3cccnc3)CC[C@H]21. The minimum Gasteiger partial charge on any atom is -0.486 e. The molecule has 0 bridgehead atoms. The van der Waals surface area contributed by atoms with Crippen molar-refractivity contribution in [2.24, 2.45) is 0 Å². The van der Waals surface area contributed by atoms with Crippen molar-refractivity contribution in [3.63, 3.8) is 0 Å². The molecule has 0 spiro atoms. The molecule has 1 aliphatic heterocycles. The van der Waals surface area contributed by atoms with Gasteiger partial charge in [0.05, 0.1) is 30.7 Å². The molecule has 2 aromatic heterocycles. The standard InChI is InChI=1S/C17H18N2O4/c20-17(12-5-8-21-11-12)19-7-9-22-16-14(19)3-4-15(16)23-13-2-1-6-18-10-13/h1-2,5-6,8,10-11,14-16H,3-4,7,9H2/t14-,15+,16+/m1/s1. The number of carbonyl (C=O) groups is 1. The lowest BCUT2D eigenvalue weighted by Crippen LogP contribution is -2.54. The van der Waals surface area contributed by atoms with Gasteiger partial charge in [0.15, 0.2) is 0 Å². The maximum Gasteiger partial charge on any atom is 0.257 e. The fourth-order valence-electron chi connectivity index (χ4n) is 3.44. The molecule has 0 N–H and O–H groups in total. The van der Waals surface area contributed by atoms with Gasteiger partial charge in [-0.25, -0.2) is 0 Å². The summed E-state index contributed by atoms with van der Waals surface area (Å²) < 4.78 is 17.0. The molecule has 4 rings (SSSR count). The topological polar surface area (TPSA) is 64.8 Å². The summed E-state index contributed by atoms with van der Waals surface area (Å²) in [5.41, 5.74) is 0.585. The van der Waals surface area contributed by atoms with Crippen molar-refractivity contribution in [3.05, 3.63) is 48.7 Å². The molecular weight excluding hydrogens is 296 g/mol. The number of aromatic nitrogens is 1. The Bertz CT molecular complexity index is 658. The highest BCUT2D eigenvalue weighted by atomic mass is 16.5. The van der Waals surface area contributed by atoms with Crippen LogP contribution in [-0.4, -0.2) is 47.2 Å². The highest BCUT2D eigenvalue weighted by Gasteiger charge is 2.45. The second-order valence-electron chi connectivity index (χ2n) is 5.84. The number of pyridine rings is 1. The Balaban J connectivity index is 1.49. The highest BCUT2D eigenvalue weighted by Crippen LogP contribution is 2.33. The van der Waals surface area contributed by atoms with E-state index in [4.69, 9.17) is 13.9 Å². The van der Waals surface area contributed by atoms with Gasteiger partial charge in [-0.05, 0) is 31.0 Å². The Morgan fingerprint density at radius 3 is 3.09 bits per heavy atom. The maximum atomic E-state index is 12.6. The number of amides is 1. The molecule has 120 valence electrons. The van der Waals surface area contributed by atoms with E-state index in [1.165, 1.54) is 12.5 Å². The lowest BCUT2D eigenvalue weighted by molar-refractivity contribution is -0.0786. The van der Waals surface area contributed by atoms with E-state index in [2.05, 4.69) is 4.98 Å². The average Bonchev–Trinajstić information content (AvgIpc) is 3.25. The molecule has 1 aliphatic carbocycles. The minimum atomic E-state index is -0.0974. The normalized spacial score (nSPS) is 26.8. The highest BCUT2D eigenvalue weighted by molar-refractivity contribution is 5.94. The van der Waals surface area contributed by atoms with Gasteiger partial charge in [-0.1, -0.05) is 0 Å². The molecular formula is C17H18N2O4. The Kier molecular flexibility index (Phi) is 3.75. The third-order valence-corrected chi connectivity index (χ3v) is 4.49. The van der Waals surface area contributed by atoms with Gasteiger partial charge in [0.2, 0.25) is 0 Å². The Morgan fingerprint density at radius 1 is 1.35 bits per heavy atom. The van der Waals surface area contributed by atoms with Gasteiger partial charge in [0.1, 0.15) is 24.2 Å². The smallest absolute Gasteiger partial charge is 0.257 e. The van der Waals surface area contributed by atoms with Crippen LogP contribution in [-0.2, 0) is 4.74 Å². The molecule has 1 amide bonds. The van der Waals surface area contributed by atoms with Crippen LogP contribution in [0.3, 0.4) is 0 Å². The number of morpholine rings is 1. The van der Waals surface area contributed by atoms with Crippen molar-refractivity contribution in [2.45, 2.75) is 31.1 Å². The van der Waals surface area contributed by atoms with Gasteiger partial charge in [0.25, 0.3) is 5.91 Å². The van der Waals surface area contributed by atoms with Crippen LogP contribution < -0.4 is 4.74 Å². The Hall–Kier alpha value is -2.34. The first-order valence-electron chi connectivity index (χ1n) is 7.84. The third kappa shape index (κ3) is 2.70. The zero-order chi connectivity index (χ0) is 15.6. The van der Waals surface area contributed by atoms with E-state index in [1.54, 1.807) is 18.5 Å². The van der Waals surface area contributed by atoms with Gasteiger partial charge in [-0.15, -0.1) is 0 Å². The fraction of sp³-hybridized carbons (Fsp3) is 0.412. The van der Waals surface area contributed by atoms with Crippen LogP contribution in [0.15, 0.2) is 47.5 Å². The van der Waals surface area contributed by atoms with Crippen LogP contribution in [0.1, 0.15) is 23.2 Å². The first-order chi connectivity index (χ1) is 11.3. The number of ether oxygens (including phenoxy) is 2. The second kappa shape index (κ2) is 6.04. The zero-order valence-corrected chi connectivity index (χ0v) is 12.6. The van der Waals surface area contributed by atoms with E-state index < -0.39 is 0 Å². The molecule has 1 saturated carbocycles. The van der Waals surface area contributed by atoms with Crippen molar-refractivity contribution in [3.8, 4) is 5.75 Å². The van der Waals surface area contributed by atoms with E-state index in [0.29, 0.717) is 18.7 Å². The molecule has 2 aliphatic rings. The number of hydrogen-bond acceptors (Lipinski definition) is 5. The first-order valence-corrected chi connectivity index (χ1v) is 7.84. The van der Waals surface area contributed by atoms with Gasteiger partial charge < -0.3 is 18.8 Å². The molecule has 3 heterocycles. The molecule has 2 aromatic rings. The van der Waals surface area contributed by atoms with E-state index >= 15 is 0 Å². The molecule has 0 radical (unpaired) electrons. The summed E-state index contributed by atoms with van der Waals surface area (Å²) in [6, 6.07) is 5.48. The average molecular weight is 314 g/mol. The number of furan rings is 1. The van der Waals surface area contributed by atoms with Crippen LogP contribution >= 0.6 is 0 Å². The number of nitrogens with zero attached hydrogens (tertiary/aromatic N) is 2. The predicted molar refractivity (Wildman–Crippen MR) is 81.2 cm³/mol. The van der Waals surface area contributed by atoms with Crippen molar-refractivity contribution in [1.82, 2.24) is 9.88 Å². The van der Waals surface area contributed by atoms with Crippen molar-refractivity contribution in [1.29, 1.82) is 0 Å². The van der Waals surface area contributed by atoms with Gasteiger partial charge in [-0.2, -0.15) is 0 Å². The molecule has 6 nitrogen and oxygen atoms in total. The van der Waals surface area contributed by atoms with Gasteiger partial charge in [0, 0.05) is 12.7 Å². The van der Waals surface area contributed by atoms with Crippen molar-refractivity contribution in [2.75, 3.05) is 13.2 Å². The van der Waals surface area contributed by atoms with Crippen LogP contribution in [0.4, 0.5) is 0 Å². The van der Waals surface area contributed by atoms with Crippen molar-refractivity contribution < 1.29 is 18.7 Å². The molecule has 23 heavy (non-hydrogen) atoms. The summed E-state index contributed by atoms with van der Waals surface area (Å²) in [7, 11) is 0. The number of rotatable bonds is 3. The Labute approximate surface area is 134 Å². The third-order valence-electron chi connectivity index (χ3n) is 4.49. The largest absolute Gasteiger partial charge is 0.486 e. The van der Waals surface area contributed by atoms with E-state index in [0.717, 1.165) is 18.6 Å². The van der Waals surface area contributed by atoms with Gasteiger partial charge in [-0.3, -0.25) is 9.78 Å². The molecule has 0 unspecified atom stereocenters. The zero-order valence-electron chi connectivity index (χ0n) is 12.6. The Morgan fingerprint density at radius 2 is 2.30 bits per heavy atom. The summed E-state index contributed by atoms with van der Waals surface area (Å²) >= 11 is 0. The summed E-state index contributed by atoms with van der Waals surface area (Å²) in [5.74, 6) is 0.735. The number of fused-ring (bicyclic) bond motifs is 1. The maximum absolute atomic E-state index is 12.6. The molecule has 1 saturated heterocycles. The van der Waals surface area contributed by atoms with Crippen LogP contribution in [0.5, 0.6) is 5.75 Å². The van der Waals surface area contributed by atoms with Gasteiger partial charge >= 0.3 is 0 Å². The summed E-state index contributed by atoms with van der Waals surface area (Å²) in [4.78, 5) is 18.6. The predicted octanol–water partition coefficient (Wildman–Crippen LogP) is 2.13. The lowest BCUT2D eigenvalue weighted by Gasteiger charge is -2.38. The van der Waals surface area contributed by atoms with E-state index in [9.17, 15) is 4.79 Å². The fourth-order valence-corrected chi connectivity index (χ4v) is 3.44. The quantitative estimate of drug-likeness (QED) is 0.868. The molecule has 0 aromatic carbocycles. The molecule has 2 fully saturated rings. The summed E-state index contributed by atoms with van der Waals surface area (Å²) in [6.07, 6.45) is 8.01. The second-order valence-corrected chi connectivity index (χ2v) is 5.84. The van der Waals surface area contributed by atoms with Crippen molar-refractivity contribution >= 4 is 5.91 Å². The van der Waals surface area contributed by atoms with E-state index in [1.807, 2.05) is 17.0 Å². The van der Waals surface area contributed by atoms with Crippen LogP contribution in [0.25, 0.3) is 0 Å². The van der Waals surface area contributed by atoms with E-state index in [-0.39, 0.29) is 24.2 Å².